The van der Waals surface area contributed by atoms with Crippen molar-refractivity contribution in [1.82, 2.24) is 20.6 Å². The van der Waals surface area contributed by atoms with Crippen molar-refractivity contribution in [1.29, 1.82) is 0 Å². The van der Waals surface area contributed by atoms with Crippen molar-refractivity contribution in [2.24, 2.45) is 5.92 Å². The van der Waals surface area contributed by atoms with Crippen LogP contribution >= 0.6 is 0 Å². The van der Waals surface area contributed by atoms with Gasteiger partial charge in [0.15, 0.2) is 0 Å². The van der Waals surface area contributed by atoms with Crippen molar-refractivity contribution in [3.05, 3.63) is 60.2 Å². The highest BCUT2D eigenvalue weighted by Crippen LogP contribution is 2.48. The van der Waals surface area contributed by atoms with E-state index in [4.69, 9.17) is 0 Å². The number of aromatic nitrogens is 2. The van der Waals surface area contributed by atoms with Gasteiger partial charge in [-0.05, 0) is 30.7 Å². The Morgan fingerprint density at radius 2 is 1.76 bits per heavy atom. The van der Waals surface area contributed by atoms with Crippen molar-refractivity contribution in [3.63, 3.8) is 0 Å². The topological polar surface area (TPSA) is 124 Å². The maximum absolute atomic E-state index is 13.6. The highest BCUT2D eigenvalue weighted by molar-refractivity contribution is 6.46. The Morgan fingerprint density at radius 1 is 1.06 bits per heavy atom. The molecule has 1 aliphatic carbocycles. The Balaban J connectivity index is 1.85. The van der Waals surface area contributed by atoms with Gasteiger partial charge in [-0.2, -0.15) is 0 Å². The number of rotatable bonds is 10. The number of carbonyl (C=O) groups is 2. The third-order valence-corrected chi connectivity index (χ3v) is 6.72. The van der Waals surface area contributed by atoms with Crippen LogP contribution in [-0.4, -0.2) is 51.0 Å². The van der Waals surface area contributed by atoms with Crippen LogP contribution in [0.15, 0.2) is 48.9 Å². The van der Waals surface area contributed by atoms with Crippen LogP contribution in [0.5, 0.6) is 0 Å². The molecule has 1 fully saturated rings. The molecule has 34 heavy (non-hydrogen) atoms. The van der Waals surface area contributed by atoms with Crippen LogP contribution in [0.25, 0.3) is 0 Å². The van der Waals surface area contributed by atoms with E-state index in [1.807, 2.05) is 30.3 Å². The SMILES string of the molecule is CC(C)C[C@H](NC(=O)[C@H](Cc1ccccc1)NC(=O)c1cnccn1)C1(B(O)O)CCCCC1. The fraction of sp³-hybridized carbons (Fsp3) is 0.520. The molecule has 182 valence electrons. The summed E-state index contributed by atoms with van der Waals surface area (Å²) in [5.74, 6) is -0.596. The first-order valence-electron chi connectivity index (χ1n) is 12.1. The minimum atomic E-state index is -1.53. The fourth-order valence-electron chi connectivity index (χ4n) is 4.89. The molecule has 0 saturated heterocycles. The highest BCUT2D eigenvalue weighted by atomic mass is 16.4. The lowest BCUT2D eigenvalue weighted by molar-refractivity contribution is -0.124. The van der Waals surface area contributed by atoms with Crippen LogP contribution in [0.3, 0.4) is 0 Å². The minimum absolute atomic E-state index is 0.127. The Morgan fingerprint density at radius 3 is 2.35 bits per heavy atom. The zero-order valence-corrected chi connectivity index (χ0v) is 20.0. The van der Waals surface area contributed by atoms with E-state index in [0.717, 1.165) is 24.8 Å². The smallest absolute Gasteiger partial charge is 0.427 e. The molecule has 1 aliphatic rings. The molecule has 0 aliphatic heterocycles. The molecule has 1 aromatic carbocycles. The third-order valence-electron chi connectivity index (χ3n) is 6.72. The fourth-order valence-corrected chi connectivity index (χ4v) is 4.89. The molecule has 8 nitrogen and oxygen atoms in total. The molecular weight excluding hydrogens is 431 g/mol. The van der Waals surface area contributed by atoms with E-state index in [2.05, 4.69) is 34.4 Å². The van der Waals surface area contributed by atoms with Gasteiger partial charge in [-0.25, -0.2) is 4.98 Å². The molecule has 1 heterocycles. The standard InChI is InChI=1S/C25H35BN4O4/c1-18(2)15-22(25(26(33)34)11-7-4-8-12-25)30-23(31)20(16-19-9-5-3-6-10-19)29-24(32)21-17-27-13-14-28-21/h3,5-6,9-10,13-14,17-18,20,22,33-34H,4,7-8,11-12,15-16H2,1-2H3,(H,29,32)(H,30,31)/t20-,22-/m0/s1. The molecule has 1 saturated carbocycles. The van der Waals surface area contributed by atoms with Gasteiger partial charge in [0.25, 0.3) is 5.91 Å². The first-order valence-corrected chi connectivity index (χ1v) is 12.1. The van der Waals surface area contributed by atoms with Crippen LogP contribution < -0.4 is 10.6 Å². The summed E-state index contributed by atoms with van der Waals surface area (Å²) < 4.78 is 0. The van der Waals surface area contributed by atoms with Crippen molar-refractivity contribution < 1.29 is 19.6 Å². The lowest BCUT2D eigenvalue weighted by Crippen LogP contribution is -2.57. The van der Waals surface area contributed by atoms with Crippen molar-refractivity contribution in [2.75, 3.05) is 0 Å². The predicted molar refractivity (Wildman–Crippen MR) is 131 cm³/mol. The molecule has 0 radical (unpaired) electrons. The number of nitrogens with one attached hydrogen (secondary N) is 2. The summed E-state index contributed by atoms with van der Waals surface area (Å²) in [4.78, 5) is 34.4. The van der Waals surface area contributed by atoms with Crippen molar-refractivity contribution in [3.8, 4) is 0 Å². The van der Waals surface area contributed by atoms with Gasteiger partial charge in [-0.15, -0.1) is 0 Å². The van der Waals surface area contributed by atoms with Gasteiger partial charge < -0.3 is 20.7 Å². The van der Waals surface area contributed by atoms with Gasteiger partial charge in [-0.1, -0.05) is 63.4 Å². The predicted octanol–water partition coefficient (Wildman–Crippen LogP) is 2.53. The van der Waals surface area contributed by atoms with E-state index < -0.39 is 30.4 Å². The van der Waals surface area contributed by atoms with Gasteiger partial charge in [0, 0.05) is 30.2 Å². The first kappa shape index (κ1) is 25.8. The summed E-state index contributed by atoms with van der Waals surface area (Å²) in [7, 11) is -1.53. The Bertz CT molecular complexity index is 921. The third kappa shape index (κ3) is 6.64. The number of hydrogen-bond acceptors (Lipinski definition) is 6. The minimum Gasteiger partial charge on any atom is -0.427 e. The molecule has 0 unspecified atom stereocenters. The molecule has 3 rings (SSSR count). The lowest BCUT2D eigenvalue weighted by Gasteiger charge is -2.44. The van der Waals surface area contributed by atoms with Crippen molar-refractivity contribution >= 4 is 18.9 Å². The van der Waals surface area contributed by atoms with Crippen molar-refractivity contribution in [2.45, 2.75) is 76.2 Å². The Labute approximate surface area is 201 Å². The van der Waals surface area contributed by atoms with Gasteiger partial charge in [0.2, 0.25) is 5.91 Å². The number of amides is 2. The summed E-state index contributed by atoms with van der Waals surface area (Å²) in [5, 5.41) is 25.9. The van der Waals surface area contributed by atoms with E-state index in [1.165, 1.54) is 18.6 Å². The Kier molecular flexibility index (Phi) is 9.18. The highest BCUT2D eigenvalue weighted by Gasteiger charge is 2.49. The lowest BCUT2D eigenvalue weighted by atomic mass is 9.47. The zero-order valence-electron chi connectivity index (χ0n) is 20.0. The first-order chi connectivity index (χ1) is 16.3. The molecule has 0 spiro atoms. The summed E-state index contributed by atoms with van der Waals surface area (Å²) in [6.07, 6.45) is 9.25. The zero-order chi connectivity index (χ0) is 24.6. The maximum atomic E-state index is 13.6. The largest absolute Gasteiger partial charge is 0.460 e. The molecule has 2 aromatic rings. The van der Waals surface area contributed by atoms with Gasteiger partial charge in [-0.3, -0.25) is 14.6 Å². The molecule has 9 heteroatoms. The quantitative estimate of drug-likeness (QED) is 0.399. The summed E-state index contributed by atoms with van der Waals surface area (Å²) in [5.41, 5.74) is 1.03. The second-order valence-electron chi connectivity index (χ2n) is 9.66. The number of carbonyl (C=O) groups excluding carboxylic acids is 2. The number of hydrogen-bond donors (Lipinski definition) is 4. The average Bonchev–Trinajstić information content (AvgIpc) is 2.84. The molecule has 0 bridgehead atoms. The number of nitrogens with zero attached hydrogens (tertiary/aromatic N) is 2. The van der Waals surface area contributed by atoms with Crippen LogP contribution in [0, 0.1) is 5.92 Å². The van der Waals surface area contributed by atoms with E-state index in [-0.39, 0.29) is 17.5 Å². The maximum Gasteiger partial charge on any atom is 0.460 e. The summed E-state index contributed by atoms with van der Waals surface area (Å²) in [6, 6.07) is 8.19. The van der Waals surface area contributed by atoms with E-state index >= 15 is 0 Å². The normalized spacial score (nSPS) is 17.0. The second kappa shape index (κ2) is 12.1. The molecule has 4 N–H and O–H groups in total. The summed E-state index contributed by atoms with van der Waals surface area (Å²) >= 11 is 0. The molecule has 2 amide bonds. The molecule has 2 atom stereocenters. The van der Waals surface area contributed by atoms with E-state index in [0.29, 0.717) is 25.7 Å². The monoisotopic (exact) mass is 466 g/mol. The van der Waals surface area contributed by atoms with Crippen LogP contribution in [-0.2, 0) is 11.2 Å². The van der Waals surface area contributed by atoms with Gasteiger partial charge in [0.1, 0.15) is 11.7 Å². The van der Waals surface area contributed by atoms with Crippen LogP contribution in [0.4, 0.5) is 0 Å². The van der Waals surface area contributed by atoms with Crippen LogP contribution in [0.2, 0.25) is 5.31 Å². The van der Waals surface area contributed by atoms with Gasteiger partial charge in [0.05, 0.1) is 6.20 Å². The number of benzene rings is 1. The van der Waals surface area contributed by atoms with E-state index in [9.17, 15) is 19.6 Å². The molecule has 1 aromatic heterocycles. The van der Waals surface area contributed by atoms with Crippen LogP contribution in [0.1, 0.15) is 68.4 Å². The average molecular weight is 466 g/mol. The summed E-state index contributed by atoms with van der Waals surface area (Å²) in [6.45, 7) is 4.10. The van der Waals surface area contributed by atoms with E-state index in [1.54, 1.807) is 0 Å². The molecular formula is C25H35BN4O4. The Hall–Kier alpha value is -2.78. The van der Waals surface area contributed by atoms with Gasteiger partial charge >= 0.3 is 7.12 Å². The second-order valence-corrected chi connectivity index (χ2v) is 9.66.